The third-order valence-corrected chi connectivity index (χ3v) is 3.56. The molecule has 1 aromatic heterocycles. The monoisotopic (exact) mass is 238 g/mol. The van der Waals surface area contributed by atoms with E-state index in [2.05, 4.69) is 22.1 Å². The van der Waals surface area contributed by atoms with Gasteiger partial charge in [-0.15, -0.1) is 10.2 Å². The van der Waals surface area contributed by atoms with Crippen molar-refractivity contribution in [3.8, 4) is 0 Å². The van der Waals surface area contributed by atoms with Crippen molar-refractivity contribution < 1.29 is 4.42 Å². The lowest BCUT2D eigenvalue weighted by molar-refractivity contribution is 0.162. The highest BCUT2D eigenvalue weighted by Crippen LogP contribution is 2.22. The topological polar surface area (TPSA) is 68.2 Å². The Kier molecular flexibility index (Phi) is 4.12. The summed E-state index contributed by atoms with van der Waals surface area (Å²) in [5.41, 5.74) is 5.91. The Labute approximate surface area is 102 Å². The zero-order valence-electron chi connectivity index (χ0n) is 10.7. The van der Waals surface area contributed by atoms with E-state index in [4.69, 9.17) is 10.2 Å². The number of aryl methyl sites for hydroxylation is 1. The molecule has 0 radical (unpaired) electrons. The molecule has 17 heavy (non-hydrogen) atoms. The predicted molar refractivity (Wildman–Crippen MR) is 65.4 cm³/mol. The summed E-state index contributed by atoms with van der Waals surface area (Å²) in [4.78, 5) is 2.30. The highest BCUT2D eigenvalue weighted by atomic mass is 16.4. The third-order valence-electron chi connectivity index (χ3n) is 3.56. The van der Waals surface area contributed by atoms with Gasteiger partial charge in [-0.05, 0) is 32.7 Å². The van der Waals surface area contributed by atoms with Crippen LogP contribution in [-0.2, 0) is 13.0 Å². The first-order chi connectivity index (χ1) is 8.19. The summed E-state index contributed by atoms with van der Waals surface area (Å²) in [6, 6.07) is 1.00. The van der Waals surface area contributed by atoms with Crippen molar-refractivity contribution in [1.82, 2.24) is 15.1 Å². The first kappa shape index (κ1) is 12.5. The number of nitrogens with zero attached hydrogens (tertiary/aromatic N) is 3. The standard InChI is InChI=1S/C12H22N4O/c1-3-11-14-15-12(17-11)8-16(2)10-6-4-9(13)5-7-10/h9-10H,3-8,13H2,1-2H3. The van der Waals surface area contributed by atoms with Crippen LogP contribution in [0, 0.1) is 0 Å². The van der Waals surface area contributed by atoms with Gasteiger partial charge in [0.15, 0.2) is 0 Å². The lowest BCUT2D eigenvalue weighted by Crippen LogP contribution is -2.38. The van der Waals surface area contributed by atoms with E-state index in [0.29, 0.717) is 12.1 Å². The Morgan fingerprint density at radius 1 is 1.24 bits per heavy atom. The van der Waals surface area contributed by atoms with Crippen molar-refractivity contribution in [2.75, 3.05) is 7.05 Å². The fraction of sp³-hybridized carbons (Fsp3) is 0.833. The molecule has 0 atom stereocenters. The summed E-state index contributed by atoms with van der Waals surface area (Å²) in [6.07, 6.45) is 5.39. The molecule has 1 fully saturated rings. The van der Waals surface area contributed by atoms with Gasteiger partial charge in [0, 0.05) is 18.5 Å². The lowest BCUT2D eigenvalue weighted by Gasteiger charge is -2.32. The minimum Gasteiger partial charge on any atom is -0.424 e. The van der Waals surface area contributed by atoms with Crippen LogP contribution >= 0.6 is 0 Å². The molecule has 5 heteroatoms. The van der Waals surface area contributed by atoms with Crippen molar-refractivity contribution in [2.45, 2.75) is 57.7 Å². The van der Waals surface area contributed by atoms with E-state index in [1.165, 1.54) is 12.8 Å². The number of hydrogen-bond donors (Lipinski definition) is 1. The first-order valence-electron chi connectivity index (χ1n) is 6.46. The molecule has 0 aromatic carbocycles. The van der Waals surface area contributed by atoms with Gasteiger partial charge in [-0.25, -0.2) is 0 Å². The van der Waals surface area contributed by atoms with E-state index >= 15 is 0 Å². The Balaban J connectivity index is 1.85. The zero-order valence-corrected chi connectivity index (χ0v) is 10.7. The number of aromatic nitrogens is 2. The molecule has 0 saturated heterocycles. The maximum absolute atomic E-state index is 5.91. The molecule has 0 aliphatic heterocycles. The summed E-state index contributed by atoms with van der Waals surface area (Å²) in [5, 5.41) is 8.04. The Bertz CT molecular complexity index is 344. The van der Waals surface area contributed by atoms with E-state index in [9.17, 15) is 0 Å². The van der Waals surface area contributed by atoms with Crippen molar-refractivity contribution in [3.05, 3.63) is 11.8 Å². The highest BCUT2D eigenvalue weighted by Gasteiger charge is 2.23. The van der Waals surface area contributed by atoms with Gasteiger partial charge in [-0.2, -0.15) is 0 Å². The highest BCUT2D eigenvalue weighted by molar-refractivity contribution is 4.85. The summed E-state index contributed by atoms with van der Waals surface area (Å²) in [7, 11) is 2.12. The second-order valence-electron chi connectivity index (χ2n) is 4.93. The molecule has 1 heterocycles. The second-order valence-corrected chi connectivity index (χ2v) is 4.93. The summed E-state index contributed by atoms with van der Waals surface area (Å²) in [6.45, 7) is 2.76. The van der Waals surface area contributed by atoms with Gasteiger partial charge >= 0.3 is 0 Å². The van der Waals surface area contributed by atoms with Gasteiger partial charge in [0.2, 0.25) is 11.8 Å². The summed E-state index contributed by atoms with van der Waals surface area (Å²) >= 11 is 0. The van der Waals surface area contributed by atoms with Gasteiger partial charge in [-0.1, -0.05) is 6.92 Å². The Morgan fingerprint density at radius 3 is 2.47 bits per heavy atom. The normalized spacial score (nSPS) is 25.4. The molecule has 2 rings (SSSR count). The van der Waals surface area contributed by atoms with E-state index in [1.807, 2.05) is 6.92 Å². The molecule has 1 aromatic rings. The smallest absolute Gasteiger partial charge is 0.230 e. The van der Waals surface area contributed by atoms with Gasteiger partial charge in [-0.3, -0.25) is 4.90 Å². The molecule has 0 amide bonds. The van der Waals surface area contributed by atoms with Crippen molar-refractivity contribution in [3.63, 3.8) is 0 Å². The van der Waals surface area contributed by atoms with E-state index in [1.54, 1.807) is 0 Å². The quantitative estimate of drug-likeness (QED) is 0.857. The second kappa shape index (κ2) is 5.60. The Hall–Kier alpha value is -0.940. The molecule has 1 saturated carbocycles. The fourth-order valence-corrected chi connectivity index (χ4v) is 2.38. The molecule has 1 aliphatic carbocycles. The largest absolute Gasteiger partial charge is 0.424 e. The predicted octanol–water partition coefficient (Wildman–Crippen LogP) is 1.33. The van der Waals surface area contributed by atoms with E-state index < -0.39 is 0 Å². The van der Waals surface area contributed by atoms with Crippen LogP contribution in [0.2, 0.25) is 0 Å². The van der Waals surface area contributed by atoms with Crippen LogP contribution < -0.4 is 5.73 Å². The van der Waals surface area contributed by atoms with Gasteiger partial charge < -0.3 is 10.2 Å². The molecule has 2 N–H and O–H groups in total. The van der Waals surface area contributed by atoms with Crippen molar-refractivity contribution in [2.24, 2.45) is 5.73 Å². The molecule has 5 nitrogen and oxygen atoms in total. The molecule has 96 valence electrons. The van der Waals surface area contributed by atoms with Crippen molar-refractivity contribution in [1.29, 1.82) is 0 Å². The zero-order chi connectivity index (χ0) is 12.3. The summed E-state index contributed by atoms with van der Waals surface area (Å²) < 4.78 is 5.53. The van der Waals surface area contributed by atoms with E-state index in [-0.39, 0.29) is 0 Å². The summed E-state index contributed by atoms with van der Waals surface area (Å²) in [5.74, 6) is 1.44. The minimum atomic E-state index is 0.398. The average molecular weight is 238 g/mol. The Morgan fingerprint density at radius 2 is 1.88 bits per heavy atom. The minimum absolute atomic E-state index is 0.398. The van der Waals surface area contributed by atoms with Crippen LogP contribution in [0.15, 0.2) is 4.42 Å². The number of nitrogens with two attached hydrogens (primary N) is 1. The molecular formula is C12H22N4O. The van der Waals surface area contributed by atoms with Gasteiger partial charge in [0.05, 0.1) is 6.54 Å². The van der Waals surface area contributed by atoms with Crippen LogP contribution in [0.4, 0.5) is 0 Å². The number of hydrogen-bond acceptors (Lipinski definition) is 5. The fourth-order valence-electron chi connectivity index (χ4n) is 2.38. The van der Waals surface area contributed by atoms with Gasteiger partial charge in [0.1, 0.15) is 0 Å². The maximum atomic E-state index is 5.91. The maximum Gasteiger partial charge on any atom is 0.230 e. The SMILES string of the molecule is CCc1nnc(CN(C)C2CCC(N)CC2)o1. The van der Waals surface area contributed by atoms with Crippen LogP contribution in [-0.4, -0.2) is 34.2 Å². The van der Waals surface area contributed by atoms with Crippen LogP contribution in [0.5, 0.6) is 0 Å². The van der Waals surface area contributed by atoms with Crippen molar-refractivity contribution >= 4 is 0 Å². The average Bonchev–Trinajstić information content (AvgIpc) is 2.77. The number of rotatable bonds is 4. The molecule has 0 bridgehead atoms. The molecular weight excluding hydrogens is 216 g/mol. The molecule has 1 aliphatic rings. The van der Waals surface area contributed by atoms with Crippen LogP contribution in [0.1, 0.15) is 44.4 Å². The first-order valence-corrected chi connectivity index (χ1v) is 6.46. The van der Waals surface area contributed by atoms with Crippen LogP contribution in [0.3, 0.4) is 0 Å². The molecule has 0 spiro atoms. The molecule has 0 unspecified atom stereocenters. The lowest BCUT2D eigenvalue weighted by atomic mass is 9.91. The van der Waals surface area contributed by atoms with Crippen LogP contribution in [0.25, 0.3) is 0 Å². The van der Waals surface area contributed by atoms with E-state index in [0.717, 1.165) is 37.6 Å². The third kappa shape index (κ3) is 3.26. The van der Waals surface area contributed by atoms with Gasteiger partial charge in [0.25, 0.3) is 0 Å².